The van der Waals surface area contributed by atoms with Gasteiger partial charge in [0.2, 0.25) is 11.8 Å². The second-order valence-corrected chi connectivity index (χ2v) is 6.36. The fraction of sp³-hybridized carbons (Fsp3) is 0.400. The van der Waals surface area contributed by atoms with Crippen molar-refractivity contribution in [3.8, 4) is 0 Å². The number of carbonyl (C=O) groups is 2. The molecular formula is C20H26N2O4. The molecule has 1 aromatic heterocycles. The zero-order valence-corrected chi connectivity index (χ0v) is 15.6. The van der Waals surface area contributed by atoms with Crippen LogP contribution in [0.2, 0.25) is 0 Å². The molecule has 6 nitrogen and oxygen atoms in total. The molecular weight excluding hydrogens is 332 g/mol. The lowest BCUT2D eigenvalue weighted by Crippen LogP contribution is -2.46. The normalized spacial score (nSPS) is 10.8. The van der Waals surface area contributed by atoms with Crippen molar-refractivity contribution in [1.29, 1.82) is 0 Å². The first-order valence-corrected chi connectivity index (χ1v) is 8.63. The van der Waals surface area contributed by atoms with Crippen LogP contribution in [0.25, 0.3) is 0 Å². The van der Waals surface area contributed by atoms with E-state index in [1.807, 2.05) is 50.2 Å². The van der Waals surface area contributed by atoms with Gasteiger partial charge in [-0.25, -0.2) is 0 Å². The van der Waals surface area contributed by atoms with E-state index in [1.54, 1.807) is 17.2 Å². The van der Waals surface area contributed by atoms with Crippen molar-refractivity contribution < 1.29 is 18.7 Å². The lowest BCUT2D eigenvalue weighted by Gasteiger charge is -2.29. The second kappa shape index (κ2) is 9.77. The van der Waals surface area contributed by atoms with E-state index in [9.17, 15) is 9.59 Å². The molecule has 2 aromatic rings. The summed E-state index contributed by atoms with van der Waals surface area (Å²) in [4.78, 5) is 28.4. The Labute approximate surface area is 154 Å². The first kappa shape index (κ1) is 19.7. The number of methoxy groups -OCH3 is 1. The van der Waals surface area contributed by atoms with Gasteiger partial charge in [0.25, 0.3) is 0 Å². The fourth-order valence-electron chi connectivity index (χ4n) is 2.64. The number of hydrogen-bond donors (Lipinski definition) is 0. The summed E-state index contributed by atoms with van der Waals surface area (Å²) in [6.07, 6.45) is 1.59. The quantitative estimate of drug-likeness (QED) is 0.691. The molecule has 1 aromatic carbocycles. The molecule has 0 N–H and O–H groups in total. The molecule has 0 bridgehead atoms. The Kier molecular flexibility index (Phi) is 7.41. The lowest BCUT2D eigenvalue weighted by molar-refractivity contribution is -0.145. The average molecular weight is 358 g/mol. The molecule has 1 heterocycles. The smallest absolute Gasteiger partial charge is 0.249 e. The van der Waals surface area contributed by atoms with E-state index < -0.39 is 0 Å². The van der Waals surface area contributed by atoms with Crippen LogP contribution in [0.1, 0.15) is 25.2 Å². The van der Waals surface area contributed by atoms with Crippen molar-refractivity contribution in [2.24, 2.45) is 0 Å². The number of nitrogens with zero attached hydrogens (tertiary/aromatic N) is 2. The Bertz CT molecular complexity index is 683. The highest BCUT2D eigenvalue weighted by Crippen LogP contribution is 2.12. The molecule has 0 unspecified atom stereocenters. The van der Waals surface area contributed by atoms with Crippen LogP contribution in [0.15, 0.2) is 53.1 Å². The molecule has 0 saturated carbocycles. The third kappa shape index (κ3) is 5.74. The minimum atomic E-state index is -0.200. The van der Waals surface area contributed by atoms with E-state index in [0.717, 1.165) is 5.56 Å². The van der Waals surface area contributed by atoms with Crippen LogP contribution in [0.5, 0.6) is 0 Å². The Hall–Kier alpha value is -2.60. The largest absolute Gasteiger partial charge is 0.467 e. The monoisotopic (exact) mass is 358 g/mol. The molecule has 0 aliphatic rings. The van der Waals surface area contributed by atoms with Gasteiger partial charge in [-0.05, 0) is 31.5 Å². The SMILES string of the molecule is COCC(=O)N(CC(=O)N(Cc1ccccc1)Cc1ccco1)C(C)C. The minimum Gasteiger partial charge on any atom is -0.467 e. The van der Waals surface area contributed by atoms with Gasteiger partial charge in [0.1, 0.15) is 18.9 Å². The van der Waals surface area contributed by atoms with Crippen molar-refractivity contribution >= 4 is 11.8 Å². The van der Waals surface area contributed by atoms with Gasteiger partial charge in [0, 0.05) is 19.7 Å². The number of amides is 2. The highest BCUT2D eigenvalue weighted by Gasteiger charge is 2.24. The topological polar surface area (TPSA) is 63.0 Å². The van der Waals surface area contributed by atoms with Crippen LogP contribution in [0.3, 0.4) is 0 Å². The third-order valence-electron chi connectivity index (χ3n) is 4.01. The number of benzene rings is 1. The lowest BCUT2D eigenvalue weighted by atomic mass is 10.2. The van der Waals surface area contributed by atoms with Crippen molar-refractivity contribution in [3.05, 3.63) is 60.1 Å². The second-order valence-electron chi connectivity index (χ2n) is 6.36. The number of hydrogen-bond acceptors (Lipinski definition) is 4. The van der Waals surface area contributed by atoms with Gasteiger partial charge in [-0.2, -0.15) is 0 Å². The zero-order valence-electron chi connectivity index (χ0n) is 15.6. The predicted octanol–water partition coefficient (Wildman–Crippen LogP) is 2.69. The summed E-state index contributed by atoms with van der Waals surface area (Å²) in [5.74, 6) is 0.366. The maximum Gasteiger partial charge on any atom is 0.249 e. The van der Waals surface area contributed by atoms with Gasteiger partial charge in [-0.1, -0.05) is 30.3 Å². The number of furan rings is 1. The van der Waals surface area contributed by atoms with Gasteiger partial charge < -0.3 is 19.0 Å². The highest BCUT2D eigenvalue weighted by molar-refractivity contribution is 5.85. The van der Waals surface area contributed by atoms with Gasteiger partial charge in [-0.15, -0.1) is 0 Å². The van der Waals surface area contributed by atoms with Crippen LogP contribution in [0.4, 0.5) is 0 Å². The van der Waals surface area contributed by atoms with Crippen LogP contribution >= 0.6 is 0 Å². The molecule has 0 fully saturated rings. The molecule has 0 spiro atoms. The Morgan fingerprint density at radius 2 is 1.77 bits per heavy atom. The predicted molar refractivity (Wildman–Crippen MR) is 98.1 cm³/mol. The minimum absolute atomic E-state index is 0.00734. The molecule has 0 atom stereocenters. The summed E-state index contributed by atoms with van der Waals surface area (Å²) in [5, 5.41) is 0. The molecule has 0 radical (unpaired) electrons. The Balaban J connectivity index is 2.14. The van der Waals surface area contributed by atoms with E-state index in [4.69, 9.17) is 9.15 Å². The molecule has 140 valence electrons. The summed E-state index contributed by atoms with van der Waals surface area (Å²) in [6, 6.07) is 13.3. The molecule has 0 aliphatic carbocycles. The average Bonchev–Trinajstić information content (AvgIpc) is 3.12. The third-order valence-corrected chi connectivity index (χ3v) is 4.01. The van der Waals surface area contributed by atoms with Gasteiger partial charge in [0.05, 0.1) is 12.8 Å². The van der Waals surface area contributed by atoms with Crippen LogP contribution in [-0.2, 0) is 27.4 Å². The first-order valence-electron chi connectivity index (χ1n) is 8.63. The van der Waals surface area contributed by atoms with E-state index >= 15 is 0 Å². The first-order chi connectivity index (χ1) is 12.5. The van der Waals surface area contributed by atoms with Gasteiger partial charge >= 0.3 is 0 Å². The molecule has 2 rings (SSSR count). The molecule has 26 heavy (non-hydrogen) atoms. The van der Waals surface area contributed by atoms with E-state index in [0.29, 0.717) is 18.8 Å². The van der Waals surface area contributed by atoms with E-state index in [1.165, 1.54) is 12.0 Å². The molecule has 2 amide bonds. The summed E-state index contributed by atoms with van der Waals surface area (Å²) in [7, 11) is 1.47. The molecule has 0 aliphatic heterocycles. The van der Waals surface area contributed by atoms with Crippen LogP contribution in [0, 0.1) is 0 Å². The van der Waals surface area contributed by atoms with E-state index in [-0.39, 0.29) is 31.0 Å². The standard InChI is InChI=1S/C20H26N2O4/c1-16(2)22(20(24)15-25-3)14-19(23)21(13-18-10-7-11-26-18)12-17-8-5-4-6-9-17/h4-11,16H,12-15H2,1-3H3. The highest BCUT2D eigenvalue weighted by atomic mass is 16.5. The summed E-state index contributed by atoms with van der Waals surface area (Å²) >= 11 is 0. The summed E-state index contributed by atoms with van der Waals surface area (Å²) < 4.78 is 10.3. The fourth-order valence-corrected chi connectivity index (χ4v) is 2.64. The van der Waals surface area contributed by atoms with Gasteiger partial charge in [0.15, 0.2) is 0 Å². The Morgan fingerprint density at radius 1 is 1.04 bits per heavy atom. The zero-order chi connectivity index (χ0) is 18.9. The number of ether oxygens (including phenoxy) is 1. The maximum absolute atomic E-state index is 12.9. The van der Waals surface area contributed by atoms with Gasteiger partial charge in [-0.3, -0.25) is 9.59 Å². The van der Waals surface area contributed by atoms with Crippen molar-refractivity contribution in [1.82, 2.24) is 9.80 Å². The van der Waals surface area contributed by atoms with Crippen molar-refractivity contribution in [2.75, 3.05) is 20.3 Å². The van der Waals surface area contributed by atoms with Crippen molar-refractivity contribution in [2.45, 2.75) is 33.0 Å². The maximum atomic E-state index is 12.9. The van der Waals surface area contributed by atoms with Crippen molar-refractivity contribution in [3.63, 3.8) is 0 Å². The summed E-state index contributed by atoms with van der Waals surface area (Å²) in [6.45, 7) is 4.54. The van der Waals surface area contributed by atoms with Crippen LogP contribution in [-0.4, -0.2) is 47.9 Å². The molecule has 6 heteroatoms. The molecule has 0 saturated heterocycles. The number of rotatable bonds is 9. The summed E-state index contributed by atoms with van der Waals surface area (Å²) in [5.41, 5.74) is 1.02. The Morgan fingerprint density at radius 3 is 2.35 bits per heavy atom. The number of carbonyl (C=O) groups excluding carboxylic acids is 2. The van der Waals surface area contributed by atoms with E-state index in [2.05, 4.69) is 0 Å². The van der Waals surface area contributed by atoms with Crippen LogP contribution < -0.4 is 0 Å².